The quantitative estimate of drug-likeness (QED) is 0.246. The molecular weight excluding hydrogens is 480 g/mol. The topological polar surface area (TPSA) is 202 Å². The van der Waals surface area contributed by atoms with Crippen molar-refractivity contribution in [3.8, 4) is 11.8 Å². The van der Waals surface area contributed by atoms with E-state index in [1.807, 2.05) is 13.8 Å². The largest absolute Gasteiger partial charge is 0.507 e. The zero-order chi connectivity index (χ0) is 27.6. The van der Waals surface area contributed by atoms with Crippen molar-refractivity contribution in [2.24, 2.45) is 23.5 Å². The average molecular weight is 513 g/mol. The number of nitrogens with two attached hydrogens (primary N) is 1. The van der Waals surface area contributed by atoms with Crippen LogP contribution >= 0.6 is 0 Å². The van der Waals surface area contributed by atoms with Gasteiger partial charge in [-0.3, -0.25) is 14.4 Å². The molecule has 198 valence electrons. The number of hydrogen-bond donors (Lipinski definition) is 6. The molecular formula is C27H32N2O8. The number of fused-ring (bicyclic) bond motifs is 3. The standard InChI is InChI=1S/C27H32N2O8/c1-11-12-6-7-13(26(2,3)8-4-5-9-28)20(31)17(12)22(33)19-16(11)21(32)14-10-15(30)18(25(29)36)23(34)27(14,37)24(19)35/h6-7,11,14-16,18,21,30-33,37H,4-5,8,10H2,1-3H3,(H2,29,36)/t11-,14+,15?,16+,18?,21+,27+/m0/s1. The molecule has 2 saturated carbocycles. The van der Waals surface area contributed by atoms with Gasteiger partial charge in [-0.15, -0.1) is 0 Å². The molecule has 3 aliphatic carbocycles. The smallest absolute Gasteiger partial charge is 0.230 e. The van der Waals surface area contributed by atoms with Crippen LogP contribution in [0.2, 0.25) is 0 Å². The van der Waals surface area contributed by atoms with Crippen LogP contribution < -0.4 is 5.73 Å². The van der Waals surface area contributed by atoms with Gasteiger partial charge in [-0.2, -0.15) is 5.26 Å². The maximum absolute atomic E-state index is 13.7. The number of amides is 1. The predicted molar refractivity (Wildman–Crippen MR) is 130 cm³/mol. The molecule has 0 aliphatic heterocycles. The summed E-state index contributed by atoms with van der Waals surface area (Å²) >= 11 is 0. The minimum atomic E-state index is -2.88. The molecule has 3 aliphatic rings. The number of ketones is 2. The number of carbonyl (C=O) groups excluding carboxylic acids is 3. The first kappa shape index (κ1) is 26.8. The Labute approximate surface area is 214 Å². The van der Waals surface area contributed by atoms with E-state index in [0.717, 1.165) is 0 Å². The van der Waals surface area contributed by atoms with Gasteiger partial charge in [0.05, 0.1) is 23.8 Å². The SMILES string of the molecule is C[C@H]1c2ccc(C(C)(C)CCCC#N)c(O)c2C(O)=C2C(=O)[C@]3(O)C(=O)C(C(N)=O)C(O)C[C@@H]3[C@@H](O)[C@@H]21. The van der Waals surface area contributed by atoms with Gasteiger partial charge in [0, 0.05) is 29.4 Å². The Morgan fingerprint density at radius 1 is 1.24 bits per heavy atom. The normalized spacial score (nSPS) is 33.3. The van der Waals surface area contributed by atoms with Crippen molar-refractivity contribution in [1.29, 1.82) is 5.26 Å². The van der Waals surface area contributed by atoms with Crippen LogP contribution in [0.3, 0.4) is 0 Å². The van der Waals surface area contributed by atoms with Crippen LogP contribution in [0.25, 0.3) is 5.76 Å². The highest BCUT2D eigenvalue weighted by molar-refractivity contribution is 6.25. The fraction of sp³-hybridized carbons (Fsp3) is 0.556. The zero-order valence-corrected chi connectivity index (χ0v) is 20.9. The first-order chi connectivity index (χ1) is 17.2. The van der Waals surface area contributed by atoms with Crippen LogP contribution in [-0.2, 0) is 19.8 Å². The van der Waals surface area contributed by atoms with Gasteiger partial charge in [-0.05, 0) is 36.2 Å². The van der Waals surface area contributed by atoms with Crippen LogP contribution in [0.15, 0.2) is 17.7 Å². The summed E-state index contributed by atoms with van der Waals surface area (Å²) in [5, 5.41) is 64.6. The van der Waals surface area contributed by atoms with E-state index in [0.29, 0.717) is 30.4 Å². The number of phenols is 1. The monoisotopic (exact) mass is 512 g/mol. The lowest BCUT2D eigenvalue weighted by atomic mass is 9.53. The van der Waals surface area contributed by atoms with Crippen LogP contribution in [0, 0.1) is 29.1 Å². The van der Waals surface area contributed by atoms with E-state index in [2.05, 4.69) is 6.07 Å². The molecule has 1 aromatic rings. The molecule has 7 atom stereocenters. The number of aromatic hydroxyl groups is 1. The van der Waals surface area contributed by atoms with E-state index in [-0.39, 0.29) is 11.3 Å². The van der Waals surface area contributed by atoms with Crippen molar-refractivity contribution in [3.05, 3.63) is 34.4 Å². The maximum atomic E-state index is 13.7. The van der Waals surface area contributed by atoms with Crippen molar-refractivity contribution in [2.45, 2.75) is 75.6 Å². The van der Waals surface area contributed by atoms with Crippen molar-refractivity contribution in [2.75, 3.05) is 0 Å². The number of nitrogens with zero attached hydrogens (tertiary/aromatic N) is 1. The molecule has 0 heterocycles. The fourth-order valence-electron chi connectivity index (χ4n) is 6.59. The van der Waals surface area contributed by atoms with Crippen LogP contribution in [0.5, 0.6) is 5.75 Å². The summed E-state index contributed by atoms with van der Waals surface area (Å²) in [6, 6.07) is 5.51. The molecule has 0 saturated heterocycles. The van der Waals surface area contributed by atoms with Crippen molar-refractivity contribution < 1.29 is 39.9 Å². The van der Waals surface area contributed by atoms with E-state index < -0.39 is 82.1 Å². The number of nitriles is 1. The van der Waals surface area contributed by atoms with Gasteiger partial charge in [0.15, 0.2) is 11.4 Å². The second-order valence-electron chi connectivity index (χ2n) is 11.1. The van der Waals surface area contributed by atoms with Crippen LogP contribution in [0.1, 0.15) is 69.1 Å². The highest BCUT2D eigenvalue weighted by atomic mass is 16.3. The number of aliphatic hydroxyl groups excluding tert-OH is 3. The van der Waals surface area contributed by atoms with Gasteiger partial charge in [-0.25, -0.2) is 0 Å². The van der Waals surface area contributed by atoms with Gasteiger partial charge in [0.1, 0.15) is 17.4 Å². The average Bonchev–Trinajstić information content (AvgIpc) is 2.81. The van der Waals surface area contributed by atoms with Gasteiger partial charge in [0.2, 0.25) is 11.7 Å². The summed E-state index contributed by atoms with van der Waals surface area (Å²) in [5.41, 5.74) is 2.30. The number of unbranched alkanes of at least 4 members (excludes halogenated alkanes) is 1. The Kier molecular flexibility index (Phi) is 6.47. The maximum Gasteiger partial charge on any atom is 0.230 e. The zero-order valence-electron chi connectivity index (χ0n) is 20.9. The lowest BCUT2D eigenvalue weighted by Crippen LogP contribution is -2.70. The number of rotatable bonds is 5. The van der Waals surface area contributed by atoms with E-state index in [9.17, 15) is 39.9 Å². The minimum Gasteiger partial charge on any atom is -0.507 e. The molecule has 0 spiro atoms. The van der Waals surface area contributed by atoms with Crippen molar-refractivity contribution in [1.82, 2.24) is 0 Å². The third-order valence-electron chi connectivity index (χ3n) is 8.64. The second kappa shape index (κ2) is 8.94. The second-order valence-corrected chi connectivity index (χ2v) is 11.1. The molecule has 1 amide bonds. The summed E-state index contributed by atoms with van der Waals surface area (Å²) in [4.78, 5) is 38.7. The van der Waals surface area contributed by atoms with E-state index in [1.54, 1.807) is 19.1 Å². The number of phenolic OH excluding ortho intramolecular Hbond substituents is 1. The third-order valence-corrected chi connectivity index (χ3v) is 8.64. The summed E-state index contributed by atoms with van der Waals surface area (Å²) in [5.74, 6) is -9.56. The van der Waals surface area contributed by atoms with Gasteiger partial charge in [-0.1, -0.05) is 32.9 Å². The first-order valence-corrected chi connectivity index (χ1v) is 12.4. The Hall–Kier alpha value is -3.26. The number of aliphatic hydroxyl groups is 4. The molecule has 2 unspecified atom stereocenters. The minimum absolute atomic E-state index is 0.0260. The Morgan fingerprint density at radius 2 is 1.89 bits per heavy atom. The third kappa shape index (κ3) is 3.68. The molecule has 37 heavy (non-hydrogen) atoms. The van der Waals surface area contributed by atoms with E-state index in [1.165, 1.54) is 0 Å². The number of Topliss-reactive ketones (excluding diaryl/α,β-unsaturated/α-hetero) is 2. The molecule has 1 aromatic carbocycles. The highest BCUT2D eigenvalue weighted by Crippen LogP contribution is 2.56. The van der Waals surface area contributed by atoms with Gasteiger partial charge >= 0.3 is 0 Å². The molecule has 4 rings (SSSR count). The van der Waals surface area contributed by atoms with E-state index in [4.69, 9.17) is 11.0 Å². The lowest BCUT2D eigenvalue weighted by Gasteiger charge is -2.52. The molecule has 10 heteroatoms. The lowest BCUT2D eigenvalue weighted by molar-refractivity contribution is -0.186. The summed E-state index contributed by atoms with van der Waals surface area (Å²) in [7, 11) is 0. The number of carbonyl (C=O) groups is 3. The van der Waals surface area contributed by atoms with Gasteiger partial charge < -0.3 is 31.3 Å². The predicted octanol–water partition coefficient (Wildman–Crippen LogP) is 1.09. The number of benzene rings is 1. The molecule has 7 N–H and O–H groups in total. The van der Waals surface area contributed by atoms with Crippen LogP contribution in [-0.4, -0.2) is 60.8 Å². The van der Waals surface area contributed by atoms with Crippen molar-refractivity contribution >= 4 is 23.2 Å². The number of hydrogen-bond acceptors (Lipinski definition) is 9. The molecule has 10 nitrogen and oxygen atoms in total. The van der Waals surface area contributed by atoms with Crippen LogP contribution in [0.4, 0.5) is 0 Å². The summed E-state index contributed by atoms with van der Waals surface area (Å²) in [6.45, 7) is 5.45. The summed E-state index contributed by atoms with van der Waals surface area (Å²) in [6.07, 6.45) is -2.05. The molecule has 0 aromatic heterocycles. The molecule has 0 bridgehead atoms. The summed E-state index contributed by atoms with van der Waals surface area (Å²) < 4.78 is 0. The van der Waals surface area contributed by atoms with E-state index >= 15 is 0 Å². The molecule has 0 radical (unpaired) electrons. The fourth-order valence-corrected chi connectivity index (χ4v) is 6.59. The Balaban J connectivity index is 1.88. The Bertz CT molecular complexity index is 1260. The van der Waals surface area contributed by atoms with Crippen molar-refractivity contribution in [3.63, 3.8) is 0 Å². The highest BCUT2D eigenvalue weighted by Gasteiger charge is 2.67. The number of primary amides is 1. The Morgan fingerprint density at radius 3 is 2.49 bits per heavy atom. The first-order valence-electron chi connectivity index (χ1n) is 12.4. The molecule has 2 fully saturated rings. The van der Waals surface area contributed by atoms with Gasteiger partial charge in [0.25, 0.3) is 0 Å².